The van der Waals surface area contributed by atoms with E-state index in [-0.39, 0.29) is 17.0 Å². The molecule has 1 heterocycles. The number of rotatable bonds is 4. The molecule has 0 fully saturated rings. The fraction of sp³-hybridized carbons (Fsp3) is 0.105. The number of nitrogens with zero attached hydrogens (tertiary/aromatic N) is 2. The number of benzene rings is 2. The van der Waals surface area contributed by atoms with Crippen molar-refractivity contribution in [2.45, 2.75) is 13.1 Å². The first-order valence-corrected chi connectivity index (χ1v) is 8.62. The fourth-order valence-corrected chi connectivity index (χ4v) is 2.80. The highest BCUT2D eigenvalue weighted by Gasteiger charge is 2.35. The maximum Gasteiger partial charge on any atom is 0.417 e. The molecule has 0 aliphatic carbocycles. The monoisotopic (exact) mass is 441 g/mol. The van der Waals surface area contributed by atoms with Gasteiger partial charge in [0, 0.05) is 0 Å². The molecular weight excluding hydrogens is 430 g/mol. The average molecular weight is 442 g/mol. The van der Waals surface area contributed by atoms with E-state index in [2.05, 4.69) is 10.3 Å². The number of hydrogen-bond acceptors (Lipinski definition) is 4. The number of halogens is 5. The Hall–Kier alpha value is -3.40. The number of aromatic nitrogens is 2. The van der Waals surface area contributed by atoms with Gasteiger partial charge in [-0.05, 0) is 42.8 Å². The predicted molar refractivity (Wildman–Crippen MR) is 98.8 cm³/mol. The van der Waals surface area contributed by atoms with Crippen LogP contribution in [0.25, 0.3) is 0 Å². The Morgan fingerprint density at radius 1 is 1.23 bits per heavy atom. The van der Waals surface area contributed by atoms with Crippen molar-refractivity contribution in [3.8, 4) is 11.5 Å². The standard InChI is InChI=1S/C19H12ClF4N3O3/c1-10-4-11(21)2-3-16(10)30-17-6-14(19(22,23)24)15(20)5-13(17)18(28)26-12-7-25-9-27(29)8-12/h2-9H,1H3,(H,26,28). The van der Waals surface area contributed by atoms with Crippen LogP contribution in [-0.2, 0) is 6.18 Å². The zero-order valence-corrected chi connectivity index (χ0v) is 15.9. The van der Waals surface area contributed by atoms with E-state index in [0.717, 1.165) is 30.7 Å². The number of hydrogen-bond donors (Lipinski definition) is 1. The Labute approximate surface area is 172 Å². The molecule has 0 aliphatic rings. The highest BCUT2D eigenvalue weighted by molar-refractivity contribution is 6.32. The third-order valence-electron chi connectivity index (χ3n) is 3.89. The molecule has 0 atom stereocenters. The second kappa shape index (κ2) is 8.15. The largest absolute Gasteiger partial charge is 0.711 e. The van der Waals surface area contributed by atoms with Crippen LogP contribution in [0.5, 0.6) is 11.5 Å². The summed E-state index contributed by atoms with van der Waals surface area (Å²) >= 11 is 5.74. The Kier molecular flexibility index (Phi) is 5.79. The SMILES string of the molecule is Cc1cc(F)ccc1Oc1cc(C(F)(F)F)c(Cl)cc1C(=O)Nc1cnc[n+]([O-])c1. The lowest BCUT2D eigenvalue weighted by Crippen LogP contribution is -2.27. The Balaban J connectivity index is 2.06. The summed E-state index contributed by atoms with van der Waals surface area (Å²) in [6, 6.07) is 4.78. The van der Waals surface area contributed by atoms with Gasteiger partial charge in [-0.3, -0.25) is 4.79 Å². The minimum atomic E-state index is -4.81. The number of nitrogens with one attached hydrogen (secondary N) is 1. The molecule has 3 rings (SSSR count). The van der Waals surface area contributed by atoms with Gasteiger partial charge in [-0.25, -0.2) is 9.12 Å². The minimum absolute atomic E-state index is 0.00238. The quantitative estimate of drug-likeness (QED) is 0.355. The number of ether oxygens (including phenoxy) is 1. The van der Waals surface area contributed by atoms with E-state index < -0.39 is 34.2 Å². The molecule has 0 saturated carbocycles. The smallest absolute Gasteiger partial charge is 0.417 e. The molecule has 6 nitrogen and oxygen atoms in total. The fourth-order valence-electron chi connectivity index (χ4n) is 2.52. The van der Waals surface area contributed by atoms with Gasteiger partial charge in [0.2, 0.25) is 0 Å². The first kappa shape index (κ1) is 21.3. The van der Waals surface area contributed by atoms with Crippen molar-refractivity contribution in [1.29, 1.82) is 0 Å². The van der Waals surface area contributed by atoms with E-state index >= 15 is 0 Å². The number of aryl methyl sites for hydroxylation is 1. The average Bonchev–Trinajstić information content (AvgIpc) is 2.64. The third-order valence-corrected chi connectivity index (χ3v) is 4.21. The highest BCUT2D eigenvalue weighted by Crippen LogP contribution is 2.40. The summed E-state index contributed by atoms with van der Waals surface area (Å²) in [5, 5.41) is 12.9. The predicted octanol–water partition coefficient (Wildman–Crippen LogP) is 4.88. The van der Waals surface area contributed by atoms with Crippen LogP contribution in [0.1, 0.15) is 21.5 Å². The van der Waals surface area contributed by atoms with Gasteiger partial charge in [0.25, 0.3) is 12.2 Å². The molecule has 0 saturated heterocycles. The van der Waals surface area contributed by atoms with E-state index in [1.165, 1.54) is 19.2 Å². The first-order chi connectivity index (χ1) is 14.0. The zero-order chi connectivity index (χ0) is 22.1. The van der Waals surface area contributed by atoms with Crippen molar-refractivity contribution in [1.82, 2.24) is 4.98 Å². The first-order valence-electron chi connectivity index (χ1n) is 8.24. The summed E-state index contributed by atoms with van der Waals surface area (Å²) in [5.41, 5.74) is -1.26. The van der Waals surface area contributed by atoms with Crippen molar-refractivity contribution in [3.05, 3.63) is 81.8 Å². The molecule has 0 aliphatic heterocycles. The second-order valence-corrected chi connectivity index (χ2v) is 6.54. The van der Waals surface area contributed by atoms with Crippen molar-refractivity contribution >= 4 is 23.2 Å². The normalized spacial score (nSPS) is 11.3. The Bertz CT molecular complexity index is 1120. The Morgan fingerprint density at radius 2 is 1.97 bits per heavy atom. The molecule has 1 amide bonds. The molecule has 11 heteroatoms. The molecule has 0 unspecified atom stereocenters. The van der Waals surface area contributed by atoms with Gasteiger partial charge in [0.05, 0.1) is 16.1 Å². The lowest BCUT2D eigenvalue weighted by molar-refractivity contribution is -0.608. The number of carbonyl (C=O) groups is 1. The molecular formula is C19H12ClF4N3O3. The van der Waals surface area contributed by atoms with Crippen LogP contribution in [0, 0.1) is 17.9 Å². The van der Waals surface area contributed by atoms with Crippen LogP contribution in [0.3, 0.4) is 0 Å². The van der Waals surface area contributed by atoms with E-state index in [9.17, 15) is 27.6 Å². The van der Waals surface area contributed by atoms with Crippen LogP contribution >= 0.6 is 11.6 Å². The van der Waals surface area contributed by atoms with Gasteiger partial charge in [0.15, 0.2) is 6.20 Å². The zero-order valence-electron chi connectivity index (χ0n) is 15.1. The number of amides is 1. The number of alkyl halides is 3. The summed E-state index contributed by atoms with van der Waals surface area (Å²) < 4.78 is 59.0. The van der Waals surface area contributed by atoms with Crippen LogP contribution in [0.2, 0.25) is 5.02 Å². The topological polar surface area (TPSA) is 78.2 Å². The lowest BCUT2D eigenvalue weighted by Gasteiger charge is -2.17. The molecule has 0 spiro atoms. The molecule has 0 bridgehead atoms. The van der Waals surface area contributed by atoms with Gasteiger partial charge >= 0.3 is 6.18 Å². The maximum atomic E-state index is 13.3. The van der Waals surface area contributed by atoms with E-state index in [0.29, 0.717) is 16.4 Å². The van der Waals surface area contributed by atoms with Crippen LogP contribution in [0.4, 0.5) is 23.2 Å². The van der Waals surface area contributed by atoms with Crippen LogP contribution in [-0.4, -0.2) is 10.9 Å². The van der Waals surface area contributed by atoms with Crippen LogP contribution < -0.4 is 14.8 Å². The van der Waals surface area contributed by atoms with Gasteiger partial charge < -0.3 is 15.3 Å². The minimum Gasteiger partial charge on any atom is -0.711 e. The number of anilines is 1. The van der Waals surface area contributed by atoms with Crippen molar-refractivity contribution < 1.29 is 31.8 Å². The highest BCUT2D eigenvalue weighted by atomic mass is 35.5. The molecule has 3 aromatic rings. The molecule has 1 N–H and O–H groups in total. The van der Waals surface area contributed by atoms with Gasteiger partial charge in [-0.1, -0.05) is 16.6 Å². The molecule has 156 valence electrons. The number of carbonyl (C=O) groups excluding carboxylic acids is 1. The van der Waals surface area contributed by atoms with Crippen LogP contribution in [0.15, 0.2) is 49.1 Å². The third kappa shape index (κ3) is 4.77. The van der Waals surface area contributed by atoms with E-state index in [1.54, 1.807) is 0 Å². The summed E-state index contributed by atoms with van der Waals surface area (Å²) in [4.78, 5) is 16.3. The summed E-state index contributed by atoms with van der Waals surface area (Å²) in [6.45, 7) is 1.49. The summed E-state index contributed by atoms with van der Waals surface area (Å²) in [5.74, 6) is -1.88. The molecule has 30 heavy (non-hydrogen) atoms. The maximum absolute atomic E-state index is 13.3. The van der Waals surface area contributed by atoms with Gasteiger partial charge in [0.1, 0.15) is 29.2 Å². The summed E-state index contributed by atoms with van der Waals surface area (Å²) in [7, 11) is 0. The van der Waals surface area contributed by atoms with Gasteiger partial charge in [-0.2, -0.15) is 13.2 Å². The van der Waals surface area contributed by atoms with Crippen molar-refractivity contribution in [3.63, 3.8) is 0 Å². The lowest BCUT2D eigenvalue weighted by atomic mass is 10.1. The molecule has 2 aromatic carbocycles. The second-order valence-electron chi connectivity index (χ2n) is 6.13. The summed E-state index contributed by atoms with van der Waals surface area (Å²) in [6.07, 6.45) is -1.69. The van der Waals surface area contributed by atoms with E-state index in [1.807, 2.05) is 0 Å². The van der Waals surface area contributed by atoms with E-state index in [4.69, 9.17) is 16.3 Å². The van der Waals surface area contributed by atoms with Crippen molar-refractivity contribution in [2.75, 3.05) is 5.32 Å². The molecule has 0 radical (unpaired) electrons. The van der Waals surface area contributed by atoms with Crippen molar-refractivity contribution in [2.24, 2.45) is 0 Å². The Morgan fingerprint density at radius 3 is 2.60 bits per heavy atom. The molecule has 1 aromatic heterocycles. The van der Waals surface area contributed by atoms with Gasteiger partial charge in [-0.15, -0.1) is 0 Å².